The van der Waals surface area contributed by atoms with Crippen LogP contribution in [0.15, 0.2) is 58.5 Å². The third-order valence-electron chi connectivity index (χ3n) is 6.82. The lowest BCUT2D eigenvalue weighted by Gasteiger charge is -2.21. The molecule has 0 unspecified atom stereocenters. The third-order valence-corrected chi connectivity index (χ3v) is 6.82. The lowest BCUT2D eigenvalue weighted by Crippen LogP contribution is -2.44. The lowest BCUT2D eigenvalue weighted by molar-refractivity contribution is 0.0542. The number of aryl methyl sites for hydroxylation is 2. The van der Waals surface area contributed by atoms with Gasteiger partial charge in [-0.3, -0.25) is 10.6 Å². The Labute approximate surface area is 326 Å². The molecule has 55 heavy (non-hydrogen) atoms. The maximum absolute atomic E-state index is 12.3. The number of hydrogen-bond donors (Lipinski definition) is 4. The first-order chi connectivity index (χ1) is 25.3. The largest absolute Gasteiger partial charge is 0.444 e. The van der Waals surface area contributed by atoms with Crippen molar-refractivity contribution < 1.29 is 38.1 Å². The molecular weight excluding hydrogens is 704 g/mol. The molecule has 0 saturated heterocycles. The fourth-order valence-corrected chi connectivity index (χ4v) is 4.67. The van der Waals surface area contributed by atoms with E-state index in [1.165, 1.54) is 11.1 Å². The van der Waals surface area contributed by atoms with Crippen molar-refractivity contribution in [2.45, 2.75) is 138 Å². The molecule has 4 N–H and O–H groups in total. The number of rotatable bonds is 10. The highest BCUT2D eigenvalue weighted by molar-refractivity contribution is 5.99. The highest BCUT2D eigenvalue weighted by Gasteiger charge is 2.22. The van der Waals surface area contributed by atoms with E-state index in [0.29, 0.717) is 25.9 Å². The van der Waals surface area contributed by atoms with Gasteiger partial charge < -0.3 is 29.6 Å². The van der Waals surface area contributed by atoms with Gasteiger partial charge in [-0.15, -0.1) is 9.98 Å². The topological polar surface area (TPSA) is 178 Å². The van der Waals surface area contributed by atoms with Crippen molar-refractivity contribution in [1.29, 1.82) is 0 Å². The Morgan fingerprint density at radius 1 is 0.455 bits per heavy atom. The molecule has 2 aromatic carbocycles. The van der Waals surface area contributed by atoms with E-state index in [9.17, 15) is 19.2 Å². The quantitative estimate of drug-likeness (QED) is 0.106. The zero-order chi connectivity index (χ0) is 41.5. The van der Waals surface area contributed by atoms with Gasteiger partial charge in [-0.1, -0.05) is 48.5 Å². The Kier molecular flexibility index (Phi) is 17.2. The summed E-state index contributed by atoms with van der Waals surface area (Å²) in [6.45, 7) is 21.7. The Hall–Kier alpha value is -5.14. The maximum atomic E-state index is 12.3. The predicted octanol–water partition coefficient (Wildman–Crippen LogP) is 7.76. The monoisotopic (exact) mass is 766 g/mol. The van der Waals surface area contributed by atoms with Gasteiger partial charge in [0.1, 0.15) is 22.4 Å². The van der Waals surface area contributed by atoms with E-state index in [-0.39, 0.29) is 11.9 Å². The van der Waals surface area contributed by atoms with Gasteiger partial charge in [0.25, 0.3) is 0 Å². The molecule has 0 spiro atoms. The number of ether oxygens (including phenoxy) is 4. The smallest absolute Gasteiger partial charge is 0.437 e. The van der Waals surface area contributed by atoms with Crippen LogP contribution in [0.4, 0.5) is 19.2 Å². The van der Waals surface area contributed by atoms with E-state index in [2.05, 4.69) is 79.8 Å². The summed E-state index contributed by atoms with van der Waals surface area (Å²) < 4.78 is 21.1. The number of carbonyl (C=O) groups is 4. The molecule has 0 heterocycles. The van der Waals surface area contributed by atoms with Gasteiger partial charge in [-0.2, -0.15) is 0 Å². The van der Waals surface area contributed by atoms with Gasteiger partial charge in [0.05, 0.1) is 0 Å². The van der Waals surface area contributed by atoms with Crippen molar-refractivity contribution in [3.8, 4) is 0 Å². The second-order valence-corrected chi connectivity index (χ2v) is 17.0. The molecule has 0 radical (unpaired) electrons. The van der Waals surface area contributed by atoms with E-state index in [0.717, 1.165) is 30.4 Å². The van der Waals surface area contributed by atoms with Crippen molar-refractivity contribution >= 4 is 36.3 Å². The molecule has 0 saturated carbocycles. The summed E-state index contributed by atoms with van der Waals surface area (Å²) in [6.07, 6.45) is 0.950. The summed E-state index contributed by atoms with van der Waals surface area (Å²) in [5, 5.41) is 11.0. The normalized spacial score (nSPS) is 12.7. The zero-order valence-corrected chi connectivity index (χ0v) is 34.7. The average molecular weight is 767 g/mol. The molecule has 0 aliphatic heterocycles. The lowest BCUT2D eigenvalue weighted by atomic mass is 10.0. The minimum Gasteiger partial charge on any atom is -0.444 e. The molecule has 0 fully saturated rings. The number of amides is 4. The predicted molar refractivity (Wildman–Crippen MR) is 214 cm³/mol. The van der Waals surface area contributed by atoms with Crippen molar-refractivity contribution in [3.05, 3.63) is 70.8 Å². The molecule has 0 aliphatic rings. The van der Waals surface area contributed by atoms with E-state index in [1.807, 2.05) is 0 Å². The minimum absolute atomic E-state index is 0.0451. The molecule has 304 valence electrons. The minimum atomic E-state index is -0.826. The van der Waals surface area contributed by atoms with E-state index >= 15 is 0 Å². The summed E-state index contributed by atoms with van der Waals surface area (Å²) in [5.41, 5.74) is 1.71. The molecular formula is C41H62N6O8. The second-order valence-electron chi connectivity index (χ2n) is 17.0. The molecule has 0 aromatic heterocycles. The zero-order valence-electron chi connectivity index (χ0n) is 34.7. The standard InChI is InChI=1S/C41H62N6O8/c1-38(2,3)52-34(48)44-32(45-35(49)53-39(4,5)6)42-26-24-30-20-16-28(17-21-30)14-13-15-29-18-22-31(23-19-29)25-27-43-33(46-36(50)54-40(7,8)9)47-37(51)55-41(10,11)12/h16-23H,13-15,24-27H2,1-12H3,(H2,42,44,45,48,49)(H2,43,46,47,50,51). The van der Waals surface area contributed by atoms with Gasteiger partial charge >= 0.3 is 24.4 Å². The van der Waals surface area contributed by atoms with Gasteiger partial charge in [0, 0.05) is 13.1 Å². The van der Waals surface area contributed by atoms with Crippen LogP contribution >= 0.6 is 0 Å². The van der Waals surface area contributed by atoms with Crippen LogP contribution < -0.4 is 21.3 Å². The Morgan fingerprint density at radius 3 is 1.00 bits per heavy atom. The molecule has 14 heteroatoms. The molecule has 0 bridgehead atoms. The fourth-order valence-electron chi connectivity index (χ4n) is 4.67. The number of carbonyl (C=O) groups excluding carboxylic acids is 4. The number of hydrogen-bond acceptors (Lipinski definition) is 8. The van der Waals surface area contributed by atoms with Gasteiger partial charge in [0.2, 0.25) is 11.9 Å². The van der Waals surface area contributed by atoms with Crippen LogP contribution in [0.2, 0.25) is 0 Å². The first-order valence-electron chi connectivity index (χ1n) is 18.6. The Balaban J connectivity index is 1.86. The van der Waals surface area contributed by atoms with Crippen molar-refractivity contribution in [2.75, 3.05) is 13.1 Å². The number of nitrogens with zero attached hydrogens (tertiary/aromatic N) is 2. The van der Waals surface area contributed by atoms with Crippen LogP contribution in [0, 0.1) is 0 Å². The molecule has 2 aromatic rings. The highest BCUT2D eigenvalue weighted by atomic mass is 16.6. The first kappa shape index (κ1) is 46.0. The summed E-state index contributed by atoms with van der Waals surface area (Å²) in [7, 11) is 0. The second kappa shape index (κ2) is 20.5. The molecule has 0 aliphatic carbocycles. The maximum Gasteiger partial charge on any atom is 0.437 e. The third kappa shape index (κ3) is 22.6. The fraction of sp³-hybridized carbons (Fsp3) is 0.561. The van der Waals surface area contributed by atoms with Gasteiger partial charge in [0.15, 0.2) is 0 Å². The van der Waals surface area contributed by atoms with Crippen LogP contribution in [0.5, 0.6) is 0 Å². The number of alkyl carbamates (subject to hydrolysis) is 2. The number of aliphatic imine (C=N–C) groups is 2. The Bertz CT molecular complexity index is 1500. The van der Waals surface area contributed by atoms with Crippen molar-refractivity contribution in [2.24, 2.45) is 9.98 Å². The van der Waals surface area contributed by atoms with E-state index < -0.39 is 46.8 Å². The van der Waals surface area contributed by atoms with Gasteiger partial charge in [-0.25, -0.2) is 19.2 Å². The number of guanidine groups is 2. The first-order valence-corrected chi connectivity index (χ1v) is 18.6. The van der Waals surface area contributed by atoms with Crippen LogP contribution in [0.1, 0.15) is 112 Å². The molecule has 0 atom stereocenters. The Morgan fingerprint density at radius 2 is 0.727 bits per heavy atom. The van der Waals surface area contributed by atoms with Gasteiger partial charge in [-0.05, 0) is 137 Å². The highest BCUT2D eigenvalue weighted by Crippen LogP contribution is 2.13. The van der Waals surface area contributed by atoms with Crippen molar-refractivity contribution in [1.82, 2.24) is 21.3 Å². The summed E-state index contributed by atoms with van der Waals surface area (Å²) >= 11 is 0. The van der Waals surface area contributed by atoms with E-state index in [4.69, 9.17) is 18.9 Å². The van der Waals surface area contributed by atoms with Crippen LogP contribution in [-0.2, 0) is 44.6 Å². The summed E-state index contributed by atoms with van der Waals surface area (Å²) in [6, 6.07) is 16.7. The molecule has 4 amide bonds. The van der Waals surface area contributed by atoms with E-state index in [1.54, 1.807) is 83.1 Å². The molecule has 2 rings (SSSR count). The molecule has 14 nitrogen and oxygen atoms in total. The average Bonchev–Trinajstić information content (AvgIpc) is 2.98. The van der Waals surface area contributed by atoms with Crippen LogP contribution in [0.3, 0.4) is 0 Å². The number of benzene rings is 2. The van der Waals surface area contributed by atoms with Crippen molar-refractivity contribution in [3.63, 3.8) is 0 Å². The van der Waals surface area contributed by atoms with Crippen LogP contribution in [0.25, 0.3) is 0 Å². The summed E-state index contributed by atoms with van der Waals surface area (Å²) in [5.74, 6) is -0.0902. The van der Waals surface area contributed by atoms with Crippen LogP contribution in [-0.4, -0.2) is 71.8 Å². The summed E-state index contributed by atoms with van der Waals surface area (Å²) in [4.78, 5) is 57.0. The number of nitrogens with one attached hydrogen (secondary N) is 4. The SMILES string of the molecule is CC(C)(C)OC(=O)/N=C(/NCCc1ccc(CCCc2ccc(CCN/C(=N\C(=O)OC(C)(C)C)NC(=O)OC(C)(C)C)cc2)cc1)NC(=O)OC(C)(C)C.